The maximum Gasteiger partial charge on any atom is 0.269 e. The molecule has 0 amide bonds. The van der Waals surface area contributed by atoms with Crippen LogP contribution in [-0.4, -0.2) is 21.4 Å². The lowest BCUT2D eigenvalue weighted by Crippen LogP contribution is -2.05. The third-order valence-corrected chi connectivity index (χ3v) is 2.88. The van der Waals surface area contributed by atoms with Gasteiger partial charge >= 0.3 is 0 Å². The number of H-pyrrole nitrogens is 1. The number of nitrogens with zero attached hydrogens (tertiary/aromatic N) is 2. The van der Waals surface area contributed by atoms with Crippen molar-refractivity contribution in [1.82, 2.24) is 9.97 Å². The molecule has 0 aliphatic carbocycles. The summed E-state index contributed by atoms with van der Waals surface area (Å²) in [4.78, 5) is 17.5. The van der Waals surface area contributed by atoms with E-state index in [1.54, 1.807) is 18.3 Å². The fraction of sp³-hybridized carbons (Fsp3) is 0.308. The van der Waals surface area contributed by atoms with Gasteiger partial charge < -0.3 is 10.3 Å². The van der Waals surface area contributed by atoms with Crippen LogP contribution in [0.3, 0.4) is 0 Å². The fourth-order valence-corrected chi connectivity index (χ4v) is 1.87. The first-order valence-corrected chi connectivity index (χ1v) is 6.14. The monoisotopic (exact) mass is 260 g/mol. The maximum absolute atomic E-state index is 10.6. The molecule has 1 aromatic carbocycles. The molecule has 0 atom stereocenters. The van der Waals surface area contributed by atoms with Gasteiger partial charge in [0.15, 0.2) is 0 Å². The number of hydrogen-bond acceptors (Lipinski definition) is 4. The predicted molar refractivity (Wildman–Crippen MR) is 73.2 cm³/mol. The van der Waals surface area contributed by atoms with E-state index >= 15 is 0 Å². The van der Waals surface area contributed by atoms with Gasteiger partial charge in [0, 0.05) is 43.2 Å². The highest BCUT2D eigenvalue weighted by molar-refractivity contribution is 5.55. The first kappa shape index (κ1) is 13.1. The van der Waals surface area contributed by atoms with Gasteiger partial charge in [0.05, 0.1) is 4.92 Å². The summed E-state index contributed by atoms with van der Waals surface area (Å²) < 4.78 is 0. The van der Waals surface area contributed by atoms with E-state index in [1.165, 1.54) is 6.07 Å². The Bertz CT molecular complexity index is 552. The van der Waals surface area contributed by atoms with Crippen molar-refractivity contribution in [2.24, 2.45) is 0 Å². The predicted octanol–water partition coefficient (Wildman–Crippen LogP) is 2.67. The lowest BCUT2D eigenvalue weighted by molar-refractivity contribution is -0.384. The lowest BCUT2D eigenvalue weighted by Gasteiger charge is -2.08. The van der Waals surface area contributed by atoms with Crippen LogP contribution in [0.5, 0.6) is 0 Å². The molecule has 0 aliphatic rings. The molecular formula is C13H16N4O2. The molecule has 0 aliphatic heterocycles. The molecule has 2 rings (SSSR count). The van der Waals surface area contributed by atoms with Crippen molar-refractivity contribution in [3.8, 4) is 0 Å². The van der Waals surface area contributed by atoms with E-state index in [4.69, 9.17) is 0 Å². The van der Waals surface area contributed by atoms with Crippen molar-refractivity contribution in [2.45, 2.75) is 19.8 Å². The number of nitro benzene ring substituents is 1. The second kappa shape index (κ2) is 5.99. The molecule has 1 heterocycles. The summed E-state index contributed by atoms with van der Waals surface area (Å²) >= 11 is 0. The summed E-state index contributed by atoms with van der Waals surface area (Å²) in [7, 11) is 0. The van der Waals surface area contributed by atoms with Crippen molar-refractivity contribution in [1.29, 1.82) is 0 Å². The van der Waals surface area contributed by atoms with Crippen LogP contribution >= 0.6 is 0 Å². The Hall–Kier alpha value is -2.37. The number of aryl methyl sites for hydroxylation is 2. The summed E-state index contributed by atoms with van der Waals surface area (Å²) in [5.41, 5.74) is 1.94. The number of nitrogens with one attached hydrogen (secondary N) is 2. The van der Waals surface area contributed by atoms with Gasteiger partial charge in [-0.1, -0.05) is 0 Å². The molecule has 0 fully saturated rings. The Labute approximate surface area is 111 Å². The first-order valence-electron chi connectivity index (χ1n) is 6.14. The van der Waals surface area contributed by atoms with Crippen molar-refractivity contribution < 1.29 is 4.92 Å². The van der Waals surface area contributed by atoms with E-state index in [0.29, 0.717) is 0 Å². The van der Waals surface area contributed by atoms with Gasteiger partial charge in [0.2, 0.25) is 0 Å². The number of benzene rings is 1. The number of non-ortho nitro benzene ring substituents is 1. The highest BCUT2D eigenvalue weighted by Gasteiger charge is 2.07. The third-order valence-electron chi connectivity index (χ3n) is 2.88. The molecule has 19 heavy (non-hydrogen) atoms. The molecule has 2 aromatic rings. The van der Waals surface area contributed by atoms with Gasteiger partial charge in [0.1, 0.15) is 5.82 Å². The number of rotatable bonds is 6. The van der Waals surface area contributed by atoms with Gasteiger partial charge in [-0.3, -0.25) is 10.1 Å². The molecule has 6 nitrogen and oxygen atoms in total. The molecular weight excluding hydrogens is 244 g/mol. The molecule has 2 N–H and O–H groups in total. The number of anilines is 1. The van der Waals surface area contributed by atoms with Crippen LogP contribution in [0.25, 0.3) is 0 Å². The highest BCUT2D eigenvalue weighted by atomic mass is 16.6. The molecule has 0 bridgehead atoms. The lowest BCUT2D eigenvalue weighted by atomic mass is 10.1. The Morgan fingerprint density at radius 2 is 2.32 bits per heavy atom. The molecule has 0 saturated heterocycles. The van der Waals surface area contributed by atoms with E-state index in [2.05, 4.69) is 15.3 Å². The molecule has 0 unspecified atom stereocenters. The summed E-state index contributed by atoms with van der Waals surface area (Å²) in [5, 5.41) is 13.9. The van der Waals surface area contributed by atoms with E-state index < -0.39 is 0 Å². The zero-order valence-corrected chi connectivity index (χ0v) is 10.7. The third kappa shape index (κ3) is 3.54. The van der Waals surface area contributed by atoms with Crippen molar-refractivity contribution in [3.05, 3.63) is 52.1 Å². The van der Waals surface area contributed by atoms with Gasteiger partial charge in [-0.2, -0.15) is 0 Å². The van der Waals surface area contributed by atoms with Gasteiger partial charge in [-0.05, 0) is 25.0 Å². The minimum Gasteiger partial charge on any atom is -0.385 e. The molecule has 0 spiro atoms. The zero-order chi connectivity index (χ0) is 13.7. The van der Waals surface area contributed by atoms with Crippen molar-refractivity contribution in [2.75, 3.05) is 11.9 Å². The molecule has 6 heteroatoms. The van der Waals surface area contributed by atoms with Gasteiger partial charge in [0.25, 0.3) is 5.69 Å². The van der Waals surface area contributed by atoms with E-state index in [-0.39, 0.29) is 10.6 Å². The average Bonchev–Trinajstić information content (AvgIpc) is 2.89. The largest absolute Gasteiger partial charge is 0.385 e. The minimum absolute atomic E-state index is 0.124. The fourth-order valence-electron chi connectivity index (χ4n) is 1.87. The summed E-state index contributed by atoms with van der Waals surface area (Å²) in [6.07, 6.45) is 5.38. The first-order chi connectivity index (χ1) is 9.16. The van der Waals surface area contributed by atoms with Crippen LogP contribution in [0.4, 0.5) is 11.4 Å². The van der Waals surface area contributed by atoms with Crippen LogP contribution < -0.4 is 5.32 Å². The number of hydrogen-bond donors (Lipinski definition) is 2. The quantitative estimate of drug-likeness (QED) is 0.475. The normalized spacial score (nSPS) is 10.4. The van der Waals surface area contributed by atoms with Crippen LogP contribution in [0, 0.1) is 17.0 Å². The SMILES string of the molecule is Cc1cc([N+](=O)[O-])ccc1NCCCc1ncc[nH]1. The van der Waals surface area contributed by atoms with Gasteiger partial charge in [-0.15, -0.1) is 0 Å². The van der Waals surface area contributed by atoms with Crippen LogP contribution in [0.15, 0.2) is 30.6 Å². The van der Waals surface area contributed by atoms with Crippen LogP contribution in [0.2, 0.25) is 0 Å². The summed E-state index contributed by atoms with van der Waals surface area (Å²) in [6, 6.07) is 4.84. The second-order valence-corrected chi connectivity index (χ2v) is 4.32. The standard InChI is InChI=1S/C13H16N4O2/c1-10-9-11(17(18)19)4-5-12(10)14-6-2-3-13-15-7-8-16-13/h4-5,7-9,14H,2-3,6H2,1H3,(H,15,16). The Balaban J connectivity index is 1.84. The highest BCUT2D eigenvalue weighted by Crippen LogP contribution is 2.21. The summed E-state index contributed by atoms with van der Waals surface area (Å²) in [6.45, 7) is 2.67. The van der Waals surface area contributed by atoms with Crippen LogP contribution in [-0.2, 0) is 6.42 Å². The molecule has 0 saturated carbocycles. The number of imidazole rings is 1. The van der Waals surface area contributed by atoms with Crippen LogP contribution in [0.1, 0.15) is 17.8 Å². The smallest absolute Gasteiger partial charge is 0.269 e. The average molecular weight is 260 g/mol. The second-order valence-electron chi connectivity index (χ2n) is 4.32. The Morgan fingerprint density at radius 3 is 2.95 bits per heavy atom. The topological polar surface area (TPSA) is 83.8 Å². The summed E-state index contributed by atoms with van der Waals surface area (Å²) in [5.74, 6) is 0.974. The molecule has 0 radical (unpaired) electrons. The molecule has 100 valence electrons. The number of aromatic nitrogens is 2. The maximum atomic E-state index is 10.6. The van der Waals surface area contributed by atoms with Crippen molar-refractivity contribution in [3.63, 3.8) is 0 Å². The minimum atomic E-state index is -0.381. The number of aromatic amines is 1. The molecule has 1 aromatic heterocycles. The van der Waals surface area contributed by atoms with Crippen molar-refractivity contribution >= 4 is 11.4 Å². The van der Waals surface area contributed by atoms with Gasteiger partial charge in [-0.25, -0.2) is 4.98 Å². The zero-order valence-electron chi connectivity index (χ0n) is 10.7. The van der Waals surface area contributed by atoms with E-state index in [1.807, 2.05) is 13.1 Å². The Morgan fingerprint density at radius 1 is 1.47 bits per heavy atom. The van der Waals surface area contributed by atoms with E-state index in [0.717, 1.165) is 36.5 Å². The van der Waals surface area contributed by atoms with E-state index in [9.17, 15) is 10.1 Å². The number of nitro groups is 1. The Kier molecular flexibility index (Phi) is 4.12.